The van der Waals surface area contributed by atoms with Crippen LogP contribution in [0.4, 0.5) is 4.39 Å². The molecule has 1 aromatic rings. The Morgan fingerprint density at radius 3 is 2.62 bits per heavy atom. The van der Waals surface area contributed by atoms with Gasteiger partial charge in [0.05, 0.1) is 6.10 Å². The smallest absolute Gasteiger partial charge is 0.123 e. The molecule has 24 heavy (non-hydrogen) atoms. The zero-order chi connectivity index (χ0) is 16.5. The summed E-state index contributed by atoms with van der Waals surface area (Å²) in [4.78, 5) is 2.50. The van der Waals surface area contributed by atoms with Gasteiger partial charge in [-0.2, -0.15) is 0 Å². The van der Waals surface area contributed by atoms with Crippen LogP contribution in [0.25, 0.3) is 0 Å². The largest absolute Gasteiger partial charge is 0.391 e. The number of nitrogens with zero attached hydrogens (tertiary/aromatic N) is 1. The molecule has 3 aliphatic rings. The zero-order valence-electron chi connectivity index (χ0n) is 14.4. The summed E-state index contributed by atoms with van der Waals surface area (Å²) >= 11 is 0. The van der Waals surface area contributed by atoms with Gasteiger partial charge in [0.25, 0.3) is 0 Å². The summed E-state index contributed by atoms with van der Waals surface area (Å²) in [6, 6.07) is 6.44. The molecule has 4 rings (SSSR count). The van der Waals surface area contributed by atoms with Gasteiger partial charge in [0.1, 0.15) is 5.82 Å². The number of hydrogen-bond acceptors (Lipinski definition) is 3. The third-order valence-corrected chi connectivity index (χ3v) is 6.32. The van der Waals surface area contributed by atoms with Gasteiger partial charge in [-0.25, -0.2) is 4.39 Å². The molecule has 0 aromatic heterocycles. The minimum atomic E-state index is -0.132. The van der Waals surface area contributed by atoms with Crippen molar-refractivity contribution >= 4 is 0 Å². The number of aliphatic hydroxyl groups is 1. The van der Waals surface area contributed by atoms with Crippen LogP contribution in [0.3, 0.4) is 0 Å². The molecule has 3 nitrogen and oxygen atoms in total. The normalized spacial score (nSPS) is 32.0. The number of nitrogens with one attached hydrogen (secondary N) is 1. The van der Waals surface area contributed by atoms with Crippen molar-refractivity contribution in [1.82, 2.24) is 10.2 Å². The Morgan fingerprint density at radius 1 is 1.04 bits per heavy atom. The highest BCUT2D eigenvalue weighted by Crippen LogP contribution is 2.33. The fraction of sp³-hybridized carbons (Fsp3) is 0.700. The molecule has 0 radical (unpaired) electrons. The van der Waals surface area contributed by atoms with Gasteiger partial charge in [0.15, 0.2) is 0 Å². The molecule has 1 saturated heterocycles. The molecule has 4 heteroatoms. The minimum absolute atomic E-state index is 0.122. The van der Waals surface area contributed by atoms with Crippen LogP contribution in [0.2, 0.25) is 0 Å². The average molecular weight is 332 g/mol. The van der Waals surface area contributed by atoms with E-state index in [1.807, 2.05) is 6.07 Å². The first-order valence-electron chi connectivity index (χ1n) is 9.67. The number of aryl methyl sites for hydroxylation is 1. The molecule has 132 valence electrons. The van der Waals surface area contributed by atoms with E-state index in [2.05, 4.69) is 10.2 Å². The molecule has 3 atom stereocenters. The number of fused-ring (bicyclic) bond motifs is 1. The third kappa shape index (κ3) is 3.37. The first-order chi connectivity index (χ1) is 11.7. The van der Waals surface area contributed by atoms with Gasteiger partial charge < -0.3 is 10.4 Å². The average Bonchev–Trinajstić information content (AvgIpc) is 2.98. The highest BCUT2D eigenvalue weighted by molar-refractivity contribution is 5.35. The monoisotopic (exact) mass is 332 g/mol. The molecule has 1 saturated carbocycles. The molecule has 0 amide bonds. The van der Waals surface area contributed by atoms with Crippen LogP contribution in [0, 0.1) is 5.82 Å². The summed E-state index contributed by atoms with van der Waals surface area (Å²) in [5.74, 6) is -0.122. The lowest BCUT2D eigenvalue weighted by Crippen LogP contribution is -2.51. The van der Waals surface area contributed by atoms with E-state index in [1.54, 1.807) is 12.1 Å². The quantitative estimate of drug-likeness (QED) is 0.892. The molecule has 2 aliphatic carbocycles. The first kappa shape index (κ1) is 16.5. The molecule has 0 unspecified atom stereocenters. The van der Waals surface area contributed by atoms with Gasteiger partial charge in [-0.3, -0.25) is 4.90 Å². The lowest BCUT2D eigenvalue weighted by molar-refractivity contribution is 0.00660. The van der Waals surface area contributed by atoms with Crippen LogP contribution in [0.15, 0.2) is 18.2 Å². The first-order valence-corrected chi connectivity index (χ1v) is 9.67. The van der Waals surface area contributed by atoms with Crippen LogP contribution in [0.1, 0.15) is 62.1 Å². The van der Waals surface area contributed by atoms with Gasteiger partial charge in [0.2, 0.25) is 0 Å². The van der Waals surface area contributed by atoms with Crippen molar-refractivity contribution in [2.24, 2.45) is 0 Å². The number of benzene rings is 1. The van der Waals surface area contributed by atoms with E-state index in [-0.39, 0.29) is 11.9 Å². The Labute approximate surface area is 144 Å². The fourth-order valence-electron chi connectivity index (χ4n) is 4.95. The molecule has 1 heterocycles. The van der Waals surface area contributed by atoms with Gasteiger partial charge in [0, 0.05) is 31.2 Å². The van der Waals surface area contributed by atoms with Gasteiger partial charge >= 0.3 is 0 Å². The van der Waals surface area contributed by atoms with Gasteiger partial charge in [-0.1, -0.05) is 18.9 Å². The lowest BCUT2D eigenvalue weighted by Gasteiger charge is -2.42. The van der Waals surface area contributed by atoms with Crippen LogP contribution in [-0.2, 0) is 6.42 Å². The van der Waals surface area contributed by atoms with E-state index in [9.17, 15) is 9.50 Å². The summed E-state index contributed by atoms with van der Waals surface area (Å²) in [5, 5.41) is 14.0. The zero-order valence-corrected chi connectivity index (χ0v) is 14.4. The molecule has 2 N–H and O–H groups in total. The predicted octanol–water partition coefficient (Wildman–Crippen LogP) is 3.17. The standard InChI is InChI=1S/C20H29FN2O/c21-15-7-5-14-6-8-18(17(14)13-15)22-16-9-11-23(12-10-16)19-3-1-2-4-20(19)24/h5,7,13,16,18-20,22,24H,1-4,6,8-12H2/t18-,19+,20-/m1/s1. The maximum absolute atomic E-state index is 13.5. The van der Waals surface area contributed by atoms with Crippen LogP contribution >= 0.6 is 0 Å². The lowest BCUT2D eigenvalue weighted by atomic mass is 9.89. The van der Waals surface area contributed by atoms with E-state index >= 15 is 0 Å². The summed E-state index contributed by atoms with van der Waals surface area (Å²) in [6.45, 7) is 2.14. The Morgan fingerprint density at radius 2 is 1.83 bits per heavy atom. The highest BCUT2D eigenvalue weighted by atomic mass is 19.1. The van der Waals surface area contributed by atoms with Crippen LogP contribution in [0.5, 0.6) is 0 Å². The summed E-state index contributed by atoms with van der Waals surface area (Å²) in [7, 11) is 0. The number of hydrogen-bond donors (Lipinski definition) is 2. The number of piperidine rings is 1. The van der Waals surface area contributed by atoms with Crippen LogP contribution in [-0.4, -0.2) is 41.3 Å². The Balaban J connectivity index is 1.32. The van der Waals surface area contributed by atoms with Crippen molar-refractivity contribution in [3.05, 3.63) is 35.1 Å². The van der Waals surface area contributed by atoms with Crippen molar-refractivity contribution in [2.75, 3.05) is 13.1 Å². The maximum atomic E-state index is 13.5. The third-order valence-electron chi connectivity index (χ3n) is 6.32. The van der Waals surface area contributed by atoms with E-state index in [0.29, 0.717) is 18.1 Å². The highest BCUT2D eigenvalue weighted by Gasteiger charge is 2.32. The van der Waals surface area contributed by atoms with E-state index in [1.165, 1.54) is 24.0 Å². The number of aliphatic hydroxyl groups excluding tert-OH is 1. The van der Waals surface area contributed by atoms with Gasteiger partial charge in [-0.15, -0.1) is 0 Å². The van der Waals surface area contributed by atoms with E-state index in [0.717, 1.165) is 51.6 Å². The molecule has 0 spiro atoms. The maximum Gasteiger partial charge on any atom is 0.123 e. The molecular weight excluding hydrogens is 303 g/mol. The van der Waals surface area contributed by atoms with Crippen molar-refractivity contribution < 1.29 is 9.50 Å². The number of likely N-dealkylation sites (tertiary alicyclic amines) is 1. The second-order valence-corrected chi connectivity index (χ2v) is 7.83. The van der Waals surface area contributed by atoms with Crippen molar-refractivity contribution in [3.8, 4) is 0 Å². The SMILES string of the molecule is O[C@@H]1CCCC[C@@H]1N1CCC(N[C@@H]2CCc3ccc(F)cc32)CC1. The van der Waals surface area contributed by atoms with Gasteiger partial charge in [-0.05, 0) is 61.8 Å². The summed E-state index contributed by atoms with van der Waals surface area (Å²) < 4.78 is 13.5. The summed E-state index contributed by atoms with van der Waals surface area (Å²) in [6.07, 6.45) is 8.81. The Kier molecular flexibility index (Phi) is 4.88. The second kappa shape index (κ2) is 7.11. The van der Waals surface area contributed by atoms with Crippen molar-refractivity contribution in [3.63, 3.8) is 0 Å². The molecule has 0 bridgehead atoms. The van der Waals surface area contributed by atoms with Crippen LogP contribution < -0.4 is 5.32 Å². The summed E-state index contributed by atoms with van der Waals surface area (Å²) in [5.41, 5.74) is 2.47. The number of rotatable bonds is 3. The molecular formula is C20H29FN2O. The molecule has 1 aliphatic heterocycles. The van der Waals surface area contributed by atoms with E-state index in [4.69, 9.17) is 0 Å². The Hall–Kier alpha value is -0.970. The minimum Gasteiger partial charge on any atom is -0.391 e. The number of halogens is 1. The van der Waals surface area contributed by atoms with E-state index < -0.39 is 0 Å². The molecule has 1 aromatic carbocycles. The van der Waals surface area contributed by atoms with Crippen molar-refractivity contribution in [1.29, 1.82) is 0 Å². The van der Waals surface area contributed by atoms with Crippen molar-refractivity contribution in [2.45, 2.75) is 75.6 Å². The Bertz CT molecular complexity index is 571. The predicted molar refractivity (Wildman–Crippen MR) is 93.5 cm³/mol. The molecule has 2 fully saturated rings. The topological polar surface area (TPSA) is 35.5 Å². The fourth-order valence-corrected chi connectivity index (χ4v) is 4.95. The second-order valence-electron chi connectivity index (χ2n) is 7.83.